The van der Waals surface area contributed by atoms with Crippen molar-refractivity contribution in [3.63, 3.8) is 0 Å². The van der Waals surface area contributed by atoms with Crippen LogP contribution in [0.5, 0.6) is 5.75 Å². The van der Waals surface area contributed by atoms with Crippen molar-refractivity contribution in [2.75, 3.05) is 26.0 Å². The van der Waals surface area contributed by atoms with Crippen molar-refractivity contribution < 1.29 is 14.3 Å². The van der Waals surface area contributed by atoms with E-state index < -0.39 is 0 Å². The highest BCUT2D eigenvalue weighted by atomic mass is 16.5. The Bertz CT molecular complexity index is 642. The Balaban J connectivity index is 1.92. The molecule has 0 saturated carbocycles. The average Bonchev–Trinajstić information content (AvgIpc) is 2.54. The number of anilines is 1. The van der Waals surface area contributed by atoms with E-state index in [0.717, 1.165) is 0 Å². The van der Waals surface area contributed by atoms with Crippen LogP contribution in [-0.4, -0.2) is 47.4 Å². The third-order valence-electron chi connectivity index (χ3n) is 2.77. The van der Waals surface area contributed by atoms with Crippen LogP contribution >= 0.6 is 0 Å². The lowest BCUT2D eigenvalue weighted by Crippen LogP contribution is -2.27. The van der Waals surface area contributed by atoms with Crippen LogP contribution < -0.4 is 10.1 Å². The van der Waals surface area contributed by atoms with Gasteiger partial charge in [0.15, 0.2) is 6.61 Å². The Kier molecular flexibility index (Phi) is 5.02. The molecule has 0 aliphatic carbocycles. The second-order valence-electron chi connectivity index (χ2n) is 4.65. The van der Waals surface area contributed by atoms with Gasteiger partial charge in [-0.1, -0.05) is 0 Å². The molecular formula is C15H16N4O3. The number of hydrogen-bond acceptors (Lipinski definition) is 5. The molecule has 2 aromatic rings. The van der Waals surface area contributed by atoms with Crippen LogP contribution in [0.1, 0.15) is 10.5 Å². The van der Waals surface area contributed by atoms with Crippen molar-refractivity contribution in [1.82, 2.24) is 14.9 Å². The molecule has 1 N–H and O–H groups in total. The molecule has 7 heteroatoms. The van der Waals surface area contributed by atoms with Crippen LogP contribution in [0.2, 0.25) is 0 Å². The van der Waals surface area contributed by atoms with E-state index in [1.807, 2.05) is 0 Å². The number of carbonyl (C=O) groups is 2. The molecule has 0 spiro atoms. The molecule has 1 heterocycles. The van der Waals surface area contributed by atoms with Crippen molar-refractivity contribution in [2.45, 2.75) is 0 Å². The van der Waals surface area contributed by atoms with Crippen LogP contribution in [0.4, 0.5) is 5.69 Å². The summed E-state index contributed by atoms with van der Waals surface area (Å²) in [4.78, 5) is 32.5. The predicted octanol–water partition coefficient (Wildman–Crippen LogP) is 1.20. The summed E-state index contributed by atoms with van der Waals surface area (Å²) >= 11 is 0. The van der Waals surface area contributed by atoms with Crippen LogP contribution in [0.3, 0.4) is 0 Å². The first-order valence-electron chi connectivity index (χ1n) is 6.56. The smallest absolute Gasteiger partial charge is 0.275 e. The Hall–Kier alpha value is -2.96. The summed E-state index contributed by atoms with van der Waals surface area (Å²) in [5, 5.41) is 2.70. The zero-order valence-corrected chi connectivity index (χ0v) is 12.3. The monoisotopic (exact) mass is 300 g/mol. The van der Waals surface area contributed by atoms with Gasteiger partial charge in [-0.05, 0) is 24.3 Å². The lowest BCUT2D eigenvalue weighted by atomic mass is 10.3. The number of rotatable bonds is 5. The highest BCUT2D eigenvalue weighted by molar-refractivity contribution is 6.02. The molecule has 2 amide bonds. The van der Waals surface area contributed by atoms with E-state index >= 15 is 0 Å². The van der Waals surface area contributed by atoms with Gasteiger partial charge in [-0.25, -0.2) is 4.98 Å². The Labute approximate surface area is 127 Å². The van der Waals surface area contributed by atoms with Gasteiger partial charge in [-0.2, -0.15) is 0 Å². The highest BCUT2D eigenvalue weighted by Crippen LogP contribution is 2.16. The molecule has 0 fully saturated rings. The lowest BCUT2D eigenvalue weighted by molar-refractivity contribution is -0.130. The molecule has 0 saturated heterocycles. The van der Waals surface area contributed by atoms with E-state index in [0.29, 0.717) is 11.4 Å². The maximum Gasteiger partial charge on any atom is 0.275 e. The first kappa shape index (κ1) is 15.4. The minimum absolute atomic E-state index is 0.0295. The number of ether oxygens (including phenoxy) is 1. The molecule has 0 atom stereocenters. The maximum absolute atomic E-state index is 11.9. The number of amides is 2. The third-order valence-corrected chi connectivity index (χ3v) is 2.77. The van der Waals surface area contributed by atoms with Gasteiger partial charge < -0.3 is 15.0 Å². The average molecular weight is 300 g/mol. The van der Waals surface area contributed by atoms with Gasteiger partial charge in [0.2, 0.25) is 0 Å². The van der Waals surface area contributed by atoms with Gasteiger partial charge in [0, 0.05) is 32.2 Å². The van der Waals surface area contributed by atoms with Crippen LogP contribution in [0.15, 0.2) is 42.9 Å². The SMILES string of the molecule is CN(C)C(=O)COc1ccc(NC(=O)c2cnccn2)cc1. The van der Waals surface area contributed by atoms with E-state index in [1.54, 1.807) is 38.4 Å². The fraction of sp³-hybridized carbons (Fsp3) is 0.200. The summed E-state index contributed by atoms with van der Waals surface area (Å²) in [6.45, 7) is -0.0295. The molecule has 114 valence electrons. The van der Waals surface area contributed by atoms with E-state index in [1.165, 1.54) is 23.5 Å². The molecular weight excluding hydrogens is 284 g/mol. The number of likely N-dealkylation sites (N-methyl/N-ethyl adjacent to an activating group) is 1. The number of nitrogens with one attached hydrogen (secondary N) is 1. The minimum atomic E-state index is -0.343. The standard InChI is InChI=1S/C15H16N4O3/c1-19(2)14(20)10-22-12-5-3-11(4-6-12)18-15(21)13-9-16-7-8-17-13/h3-9H,10H2,1-2H3,(H,18,21). The minimum Gasteiger partial charge on any atom is -0.484 e. The second-order valence-corrected chi connectivity index (χ2v) is 4.65. The molecule has 7 nitrogen and oxygen atoms in total. The van der Waals surface area contributed by atoms with Crippen molar-refractivity contribution in [3.8, 4) is 5.75 Å². The quantitative estimate of drug-likeness (QED) is 0.896. The van der Waals surface area contributed by atoms with E-state index in [2.05, 4.69) is 15.3 Å². The van der Waals surface area contributed by atoms with Gasteiger partial charge in [0.25, 0.3) is 11.8 Å². The predicted molar refractivity (Wildman–Crippen MR) is 80.6 cm³/mol. The summed E-state index contributed by atoms with van der Waals surface area (Å²) in [5.74, 6) is 0.0808. The topological polar surface area (TPSA) is 84.4 Å². The summed E-state index contributed by atoms with van der Waals surface area (Å²) in [7, 11) is 3.33. The van der Waals surface area contributed by atoms with E-state index in [-0.39, 0.29) is 24.1 Å². The van der Waals surface area contributed by atoms with Gasteiger partial charge in [-0.15, -0.1) is 0 Å². The van der Waals surface area contributed by atoms with Crippen molar-refractivity contribution in [1.29, 1.82) is 0 Å². The van der Waals surface area contributed by atoms with Gasteiger partial charge in [-0.3, -0.25) is 14.6 Å². The number of aromatic nitrogens is 2. The van der Waals surface area contributed by atoms with Gasteiger partial charge >= 0.3 is 0 Å². The van der Waals surface area contributed by atoms with Crippen molar-refractivity contribution >= 4 is 17.5 Å². The van der Waals surface area contributed by atoms with Crippen LogP contribution in [0, 0.1) is 0 Å². The number of nitrogens with zero attached hydrogens (tertiary/aromatic N) is 3. The number of carbonyl (C=O) groups excluding carboxylic acids is 2. The normalized spacial score (nSPS) is 9.91. The zero-order valence-electron chi connectivity index (χ0n) is 12.3. The molecule has 0 bridgehead atoms. The molecule has 0 unspecified atom stereocenters. The molecule has 0 aliphatic rings. The Morgan fingerprint density at radius 1 is 1.18 bits per heavy atom. The third kappa shape index (κ3) is 4.27. The van der Waals surface area contributed by atoms with Gasteiger partial charge in [0.1, 0.15) is 11.4 Å². The van der Waals surface area contributed by atoms with Crippen molar-refractivity contribution in [3.05, 3.63) is 48.5 Å². The zero-order chi connectivity index (χ0) is 15.9. The second kappa shape index (κ2) is 7.16. The lowest BCUT2D eigenvalue weighted by Gasteiger charge is -2.11. The number of hydrogen-bond donors (Lipinski definition) is 1. The first-order valence-corrected chi connectivity index (χ1v) is 6.56. The summed E-state index contributed by atoms with van der Waals surface area (Å²) in [6.07, 6.45) is 4.34. The molecule has 1 aromatic carbocycles. The van der Waals surface area contributed by atoms with Crippen molar-refractivity contribution in [2.24, 2.45) is 0 Å². The molecule has 2 rings (SSSR count). The maximum atomic E-state index is 11.9. The molecule has 0 aliphatic heterocycles. The fourth-order valence-corrected chi connectivity index (χ4v) is 1.52. The summed E-state index contributed by atoms with van der Waals surface area (Å²) in [6, 6.07) is 6.72. The molecule has 1 aromatic heterocycles. The first-order chi connectivity index (χ1) is 10.6. The highest BCUT2D eigenvalue weighted by Gasteiger charge is 2.08. The molecule has 22 heavy (non-hydrogen) atoms. The fourth-order valence-electron chi connectivity index (χ4n) is 1.52. The van der Waals surface area contributed by atoms with Crippen LogP contribution in [0.25, 0.3) is 0 Å². The Morgan fingerprint density at radius 2 is 1.91 bits per heavy atom. The van der Waals surface area contributed by atoms with E-state index in [4.69, 9.17) is 4.74 Å². The van der Waals surface area contributed by atoms with Gasteiger partial charge in [0.05, 0.1) is 6.20 Å². The largest absolute Gasteiger partial charge is 0.484 e. The summed E-state index contributed by atoms with van der Waals surface area (Å²) < 4.78 is 5.35. The molecule has 0 radical (unpaired) electrons. The number of benzene rings is 1. The van der Waals surface area contributed by atoms with Crippen LogP contribution in [-0.2, 0) is 4.79 Å². The summed E-state index contributed by atoms with van der Waals surface area (Å²) in [5.41, 5.74) is 0.835. The Morgan fingerprint density at radius 3 is 2.50 bits per heavy atom. The van der Waals surface area contributed by atoms with E-state index in [9.17, 15) is 9.59 Å².